The lowest BCUT2D eigenvalue weighted by Gasteiger charge is -2.40. The van der Waals surface area contributed by atoms with Crippen LogP contribution in [0.2, 0.25) is 18.1 Å². The molecule has 0 N–H and O–H groups in total. The minimum atomic E-state index is -1.97. The highest BCUT2D eigenvalue weighted by molar-refractivity contribution is 6.74. The third kappa shape index (κ3) is 8.43. The molecule has 2 aliphatic heterocycles. The third-order valence-corrected chi connectivity index (χ3v) is 14.2. The first-order valence-electron chi connectivity index (χ1n) is 15.3. The van der Waals surface area contributed by atoms with Gasteiger partial charge in [0, 0.05) is 12.5 Å². The van der Waals surface area contributed by atoms with Crippen LogP contribution in [-0.4, -0.2) is 57.2 Å². The zero-order valence-corrected chi connectivity index (χ0v) is 28.2. The van der Waals surface area contributed by atoms with Gasteiger partial charge in [-0.15, -0.1) is 0 Å². The smallest absolute Gasteiger partial charge is 0.308 e. The molecule has 0 saturated carbocycles. The number of cyclic esters (lactones) is 1. The van der Waals surface area contributed by atoms with Gasteiger partial charge in [-0.2, -0.15) is 0 Å². The Morgan fingerprint density at radius 1 is 1.12 bits per heavy atom. The first kappa shape index (κ1) is 33.8. The van der Waals surface area contributed by atoms with Crippen LogP contribution in [0.4, 0.5) is 0 Å². The van der Waals surface area contributed by atoms with E-state index in [0.717, 1.165) is 17.7 Å². The van der Waals surface area contributed by atoms with E-state index in [1.807, 2.05) is 38.1 Å². The number of epoxide rings is 1. The van der Waals surface area contributed by atoms with Gasteiger partial charge < -0.3 is 23.4 Å². The number of methoxy groups -OCH3 is 1. The Kier molecular flexibility index (Phi) is 10.9. The molecule has 0 spiro atoms. The Labute approximate surface area is 249 Å². The normalized spacial score (nSPS) is 28.8. The van der Waals surface area contributed by atoms with E-state index in [1.54, 1.807) is 7.11 Å². The predicted octanol–water partition coefficient (Wildman–Crippen LogP) is 7.11. The molecule has 2 aliphatic rings. The lowest BCUT2D eigenvalue weighted by atomic mass is 9.83. The van der Waals surface area contributed by atoms with Gasteiger partial charge in [0.05, 0.1) is 38.3 Å². The largest absolute Gasteiger partial charge is 0.497 e. The SMILES string of the molecule is COc1ccc(CO[C@@H]2CC(=O)O[C@H]([C@H](C)C(=O)[C@@]3(C)O[C@@H]3C[C@H](O[Si](C)(C)C(C)(C)C)C(C)C)CC[C@@H]2C)cc1. The maximum absolute atomic E-state index is 13.7. The fraction of sp³-hybridized carbons (Fsp3) is 0.758. The molecule has 8 heteroatoms. The number of benzene rings is 1. The molecule has 1 aromatic rings. The topological polar surface area (TPSA) is 83.6 Å². The summed E-state index contributed by atoms with van der Waals surface area (Å²) in [5, 5.41) is 0.108. The minimum Gasteiger partial charge on any atom is -0.497 e. The van der Waals surface area contributed by atoms with E-state index in [0.29, 0.717) is 25.4 Å². The van der Waals surface area contributed by atoms with Gasteiger partial charge in [-0.05, 0) is 67.4 Å². The van der Waals surface area contributed by atoms with E-state index in [4.69, 9.17) is 23.4 Å². The molecule has 41 heavy (non-hydrogen) atoms. The molecule has 1 aromatic carbocycles. The van der Waals surface area contributed by atoms with Gasteiger partial charge in [0.25, 0.3) is 0 Å². The van der Waals surface area contributed by atoms with Crippen LogP contribution in [-0.2, 0) is 34.8 Å². The van der Waals surface area contributed by atoms with Gasteiger partial charge in [-0.1, -0.05) is 60.6 Å². The molecule has 3 rings (SSSR count). The number of Topliss-reactive ketones (excluding diaryl/α,β-unsaturated/α-hetero) is 1. The minimum absolute atomic E-state index is 0.00987. The maximum atomic E-state index is 13.7. The van der Waals surface area contributed by atoms with Gasteiger partial charge in [-0.3, -0.25) is 9.59 Å². The van der Waals surface area contributed by atoms with E-state index >= 15 is 0 Å². The second-order valence-electron chi connectivity index (χ2n) is 14.2. The Morgan fingerprint density at radius 2 is 1.76 bits per heavy atom. The van der Waals surface area contributed by atoms with E-state index in [2.05, 4.69) is 54.6 Å². The number of carbonyl (C=O) groups is 2. The second-order valence-corrected chi connectivity index (χ2v) is 19.0. The van der Waals surface area contributed by atoms with Gasteiger partial charge in [0.15, 0.2) is 19.7 Å². The summed E-state index contributed by atoms with van der Waals surface area (Å²) >= 11 is 0. The van der Waals surface area contributed by atoms with Gasteiger partial charge >= 0.3 is 5.97 Å². The molecular weight excluding hydrogens is 536 g/mol. The van der Waals surface area contributed by atoms with E-state index in [1.165, 1.54) is 0 Å². The van der Waals surface area contributed by atoms with Crippen LogP contribution in [0.5, 0.6) is 5.75 Å². The van der Waals surface area contributed by atoms with Crippen LogP contribution in [0.15, 0.2) is 24.3 Å². The van der Waals surface area contributed by atoms with Crippen molar-refractivity contribution in [2.24, 2.45) is 17.8 Å². The van der Waals surface area contributed by atoms with Crippen molar-refractivity contribution >= 4 is 20.1 Å². The highest BCUT2D eigenvalue weighted by Crippen LogP contribution is 2.46. The molecule has 232 valence electrons. The molecule has 7 nitrogen and oxygen atoms in total. The van der Waals surface area contributed by atoms with E-state index in [9.17, 15) is 9.59 Å². The summed E-state index contributed by atoms with van der Waals surface area (Å²) in [5.41, 5.74) is 0.153. The number of ketones is 1. The molecule has 2 heterocycles. The first-order valence-corrected chi connectivity index (χ1v) is 18.2. The average Bonchev–Trinajstić information content (AvgIpc) is 3.56. The highest BCUT2D eigenvalue weighted by Gasteiger charge is 2.60. The molecule has 0 aromatic heterocycles. The molecular formula is C33H54O7Si. The summed E-state index contributed by atoms with van der Waals surface area (Å²) in [6.07, 6.45) is 1.42. The summed E-state index contributed by atoms with van der Waals surface area (Å²) in [6, 6.07) is 7.72. The standard InChI is InChI=1S/C33H54O7Si/c1-21(2)27(40-41(10,11)32(5,6)7)18-29-33(8,39-29)31(35)23(4)26-17-12-22(3)28(19-30(34)38-26)37-20-24-13-15-25(36-9)16-14-24/h13-16,21-23,26-29H,12,17-20H2,1-11H3/t22-,23-,26-,27-,28+,29+,33-/m0/s1. The molecule has 0 unspecified atom stereocenters. The Balaban J connectivity index is 1.57. The van der Waals surface area contributed by atoms with Crippen LogP contribution < -0.4 is 4.74 Å². The van der Waals surface area contributed by atoms with Crippen molar-refractivity contribution in [3.63, 3.8) is 0 Å². The number of ether oxygens (including phenoxy) is 4. The average molecular weight is 591 g/mol. The van der Waals surface area contributed by atoms with Crippen molar-refractivity contribution in [2.45, 2.75) is 136 Å². The number of hydrogen-bond acceptors (Lipinski definition) is 7. The maximum Gasteiger partial charge on any atom is 0.308 e. The lowest BCUT2D eigenvalue weighted by molar-refractivity contribution is -0.161. The summed E-state index contributed by atoms with van der Waals surface area (Å²) in [6.45, 7) is 21.9. The molecule has 0 aliphatic carbocycles. The zero-order valence-electron chi connectivity index (χ0n) is 27.2. The van der Waals surface area contributed by atoms with Gasteiger partial charge in [-0.25, -0.2) is 0 Å². The molecule has 7 atom stereocenters. The van der Waals surface area contributed by atoms with Crippen molar-refractivity contribution in [3.8, 4) is 5.75 Å². The highest BCUT2D eigenvalue weighted by atomic mass is 28.4. The van der Waals surface area contributed by atoms with Gasteiger partial charge in [0.2, 0.25) is 0 Å². The number of esters is 1. The van der Waals surface area contributed by atoms with Crippen LogP contribution >= 0.6 is 0 Å². The van der Waals surface area contributed by atoms with Crippen molar-refractivity contribution in [2.75, 3.05) is 7.11 Å². The number of rotatable bonds is 12. The molecule has 0 bridgehead atoms. The lowest BCUT2D eigenvalue weighted by Crippen LogP contribution is -2.46. The van der Waals surface area contributed by atoms with Crippen molar-refractivity contribution in [3.05, 3.63) is 29.8 Å². The van der Waals surface area contributed by atoms with Crippen molar-refractivity contribution in [1.29, 1.82) is 0 Å². The fourth-order valence-corrected chi connectivity index (χ4v) is 6.83. The summed E-state index contributed by atoms with van der Waals surface area (Å²) in [4.78, 5) is 26.6. The van der Waals surface area contributed by atoms with Crippen LogP contribution in [0.25, 0.3) is 0 Å². The van der Waals surface area contributed by atoms with E-state index in [-0.39, 0.29) is 47.4 Å². The Morgan fingerprint density at radius 3 is 2.32 bits per heavy atom. The van der Waals surface area contributed by atoms with Crippen molar-refractivity contribution in [1.82, 2.24) is 0 Å². The van der Waals surface area contributed by atoms with Crippen LogP contribution in [0.3, 0.4) is 0 Å². The Hall–Kier alpha value is -1.74. The Bertz CT molecular complexity index is 1030. The second kappa shape index (κ2) is 13.3. The molecule has 2 fully saturated rings. The predicted molar refractivity (Wildman–Crippen MR) is 163 cm³/mol. The van der Waals surface area contributed by atoms with E-state index < -0.39 is 25.9 Å². The molecule has 2 saturated heterocycles. The third-order valence-electron chi connectivity index (χ3n) is 9.66. The zero-order chi connectivity index (χ0) is 30.8. The quantitative estimate of drug-likeness (QED) is 0.146. The van der Waals surface area contributed by atoms with Gasteiger partial charge in [0.1, 0.15) is 11.9 Å². The number of hydrogen-bond donors (Lipinski definition) is 0. The molecule has 0 radical (unpaired) electrons. The summed E-state index contributed by atoms with van der Waals surface area (Å²) < 4.78 is 30.1. The summed E-state index contributed by atoms with van der Waals surface area (Å²) in [5.74, 6) is 0.514. The number of carbonyl (C=O) groups excluding carboxylic acids is 2. The van der Waals surface area contributed by atoms with Crippen molar-refractivity contribution < 1.29 is 33.0 Å². The monoisotopic (exact) mass is 590 g/mol. The molecule has 0 amide bonds. The first-order chi connectivity index (χ1) is 19.0. The van der Waals surface area contributed by atoms with Crippen LogP contribution in [0.1, 0.15) is 86.6 Å². The van der Waals surface area contributed by atoms with Crippen LogP contribution in [0, 0.1) is 17.8 Å². The fourth-order valence-electron chi connectivity index (χ4n) is 5.35. The summed E-state index contributed by atoms with van der Waals surface area (Å²) in [7, 11) is -0.327.